The fourth-order valence-electron chi connectivity index (χ4n) is 3.16. The SMILES string of the molecule is CC1CCCC(C)C1Nc1cccnc1-n1cncn1. The molecule has 0 aromatic carbocycles. The van der Waals surface area contributed by atoms with Crippen LogP contribution >= 0.6 is 0 Å². The fourth-order valence-corrected chi connectivity index (χ4v) is 3.16. The molecule has 5 nitrogen and oxygen atoms in total. The topological polar surface area (TPSA) is 55.6 Å². The van der Waals surface area contributed by atoms with Gasteiger partial charge >= 0.3 is 0 Å². The van der Waals surface area contributed by atoms with Crippen LogP contribution in [0.5, 0.6) is 0 Å². The summed E-state index contributed by atoms with van der Waals surface area (Å²) in [5.74, 6) is 2.18. The minimum Gasteiger partial charge on any atom is -0.379 e. The molecule has 0 bridgehead atoms. The van der Waals surface area contributed by atoms with Gasteiger partial charge < -0.3 is 5.32 Å². The standard InChI is InChI=1S/C15H21N5/c1-11-5-3-6-12(2)14(11)19-13-7-4-8-17-15(13)20-10-16-9-18-20/h4,7-12,14,19H,3,5-6H2,1-2H3. The van der Waals surface area contributed by atoms with Gasteiger partial charge in [0.15, 0.2) is 5.82 Å². The molecule has 2 atom stereocenters. The van der Waals surface area contributed by atoms with E-state index in [2.05, 4.69) is 40.3 Å². The highest BCUT2D eigenvalue weighted by atomic mass is 15.3. The van der Waals surface area contributed by atoms with Crippen LogP contribution in [0.1, 0.15) is 33.1 Å². The molecule has 5 heteroatoms. The molecular formula is C15H21N5. The van der Waals surface area contributed by atoms with Gasteiger partial charge in [-0.05, 0) is 36.8 Å². The quantitative estimate of drug-likeness (QED) is 0.932. The first-order valence-corrected chi connectivity index (χ1v) is 7.32. The molecule has 0 spiro atoms. The Balaban J connectivity index is 1.87. The lowest BCUT2D eigenvalue weighted by molar-refractivity contribution is 0.268. The Bertz CT molecular complexity index is 541. The molecule has 2 heterocycles. The van der Waals surface area contributed by atoms with Crippen LogP contribution in [-0.4, -0.2) is 25.8 Å². The summed E-state index contributed by atoms with van der Waals surface area (Å²) in [6.07, 6.45) is 8.92. The maximum atomic E-state index is 4.43. The van der Waals surface area contributed by atoms with Gasteiger partial charge in [-0.2, -0.15) is 5.10 Å². The molecule has 2 aromatic heterocycles. The smallest absolute Gasteiger partial charge is 0.178 e. The molecule has 1 aliphatic rings. The van der Waals surface area contributed by atoms with Crippen LogP contribution in [0.25, 0.3) is 5.82 Å². The third-order valence-electron chi connectivity index (χ3n) is 4.29. The third-order valence-corrected chi connectivity index (χ3v) is 4.29. The zero-order valence-electron chi connectivity index (χ0n) is 12.0. The van der Waals surface area contributed by atoms with Crippen molar-refractivity contribution in [3.05, 3.63) is 31.0 Å². The second-order valence-electron chi connectivity index (χ2n) is 5.77. The highest BCUT2D eigenvalue weighted by molar-refractivity contribution is 5.56. The van der Waals surface area contributed by atoms with E-state index in [0.29, 0.717) is 17.9 Å². The lowest BCUT2D eigenvalue weighted by Gasteiger charge is -2.36. The number of nitrogens with zero attached hydrogens (tertiary/aromatic N) is 4. The molecule has 0 amide bonds. The van der Waals surface area contributed by atoms with E-state index in [9.17, 15) is 0 Å². The summed E-state index contributed by atoms with van der Waals surface area (Å²) in [7, 11) is 0. The van der Waals surface area contributed by atoms with E-state index in [0.717, 1.165) is 11.5 Å². The van der Waals surface area contributed by atoms with Gasteiger partial charge in [0.25, 0.3) is 0 Å². The first-order valence-electron chi connectivity index (χ1n) is 7.32. The minimum absolute atomic E-state index is 0.496. The second kappa shape index (κ2) is 5.61. The summed E-state index contributed by atoms with van der Waals surface area (Å²) in [5, 5.41) is 7.87. The summed E-state index contributed by atoms with van der Waals surface area (Å²) in [6.45, 7) is 4.66. The molecule has 3 rings (SSSR count). The van der Waals surface area contributed by atoms with E-state index in [1.54, 1.807) is 17.2 Å². The summed E-state index contributed by atoms with van der Waals surface area (Å²) >= 11 is 0. The molecule has 0 aliphatic heterocycles. The Kier molecular flexibility index (Phi) is 3.67. The van der Waals surface area contributed by atoms with Crippen LogP contribution in [0.15, 0.2) is 31.0 Å². The van der Waals surface area contributed by atoms with Gasteiger partial charge in [0.1, 0.15) is 12.7 Å². The largest absolute Gasteiger partial charge is 0.379 e. The monoisotopic (exact) mass is 271 g/mol. The van der Waals surface area contributed by atoms with Gasteiger partial charge in [-0.1, -0.05) is 20.3 Å². The number of nitrogens with one attached hydrogen (secondary N) is 1. The number of hydrogen-bond acceptors (Lipinski definition) is 4. The molecule has 20 heavy (non-hydrogen) atoms. The summed E-state index contributed by atoms with van der Waals surface area (Å²) < 4.78 is 1.71. The van der Waals surface area contributed by atoms with E-state index in [1.165, 1.54) is 25.6 Å². The van der Waals surface area contributed by atoms with Crippen molar-refractivity contribution in [3.8, 4) is 5.82 Å². The van der Waals surface area contributed by atoms with E-state index in [-0.39, 0.29) is 0 Å². The predicted molar refractivity (Wildman–Crippen MR) is 78.7 cm³/mol. The minimum atomic E-state index is 0.496. The number of aromatic nitrogens is 4. The lowest BCUT2D eigenvalue weighted by atomic mass is 9.78. The number of pyridine rings is 1. The highest BCUT2D eigenvalue weighted by Gasteiger charge is 2.28. The third kappa shape index (κ3) is 2.53. The first kappa shape index (κ1) is 13.1. The van der Waals surface area contributed by atoms with E-state index in [4.69, 9.17) is 0 Å². The van der Waals surface area contributed by atoms with Crippen molar-refractivity contribution in [2.75, 3.05) is 5.32 Å². The van der Waals surface area contributed by atoms with E-state index < -0.39 is 0 Å². The van der Waals surface area contributed by atoms with Gasteiger partial charge in [0, 0.05) is 12.2 Å². The van der Waals surface area contributed by atoms with Crippen LogP contribution in [0.2, 0.25) is 0 Å². The number of anilines is 1. The van der Waals surface area contributed by atoms with Crippen molar-refractivity contribution in [1.82, 2.24) is 19.7 Å². The average Bonchev–Trinajstić information content (AvgIpc) is 2.97. The lowest BCUT2D eigenvalue weighted by Crippen LogP contribution is -2.37. The Morgan fingerprint density at radius 3 is 2.75 bits per heavy atom. The fraction of sp³-hybridized carbons (Fsp3) is 0.533. The highest BCUT2D eigenvalue weighted by Crippen LogP contribution is 2.32. The summed E-state index contributed by atoms with van der Waals surface area (Å²) in [5.41, 5.74) is 1.03. The molecule has 1 saturated carbocycles. The van der Waals surface area contributed by atoms with Gasteiger partial charge in [0.05, 0.1) is 5.69 Å². The van der Waals surface area contributed by atoms with Crippen molar-refractivity contribution in [3.63, 3.8) is 0 Å². The maximum absolute atomic E-state index is 4.43. The molecule has 1 N–H and O–H groups in total. The average molecular weight is 271 g/mol. The van der Waals surface area contributed by atoms with Crippen molar-refractivity contribution >= 4 is 5.69 Å². The van der Waals surface area contributed by atoms with Crippen molar-refractivity contribution < 1.29 is 0 Å². The van der Waals surface area contributed by atoms with Crippen molar-refractivity contribution in [2.45, 2.75) is 39.2 Å². The molecule has 106 valence electrons. The Morgan fingerprint density at radius 2 is 2.05 bits per heavy atom. The van der Waals surface area contributed by atoms with Crippen molar-refractivity contribution in [2.24, 2.45) is 11.8 Å². The predicted octanol–water partition coefficient (Wildman–Crippen LogP) is 2.90. The van der Waals surface area contributed by atoms with E-state index in [1.807, 2.05) is 6.07 Å². The number of rotatable bonds is 3. The van der Waals surface area contributed by atoms with Gasteiger partial charge in [-0.15, -0.1) is 0 Å². The molecule has 0 radical (unpaired) electrons. The molecule has 0 saturated heterocycles. The number of hydrogen-bond donors (Lipinski definition) is 1. The van der Waals surface area contributed by atoms with Crippen LogP contribution in [-0.2, 0) is 0 Å². The Labute approximate surface area is 119 Å². The molecule has 1 aliphatic carbocycles. The first-order chi connectivity index (χ1) is 9.75. The van der Waals surface area contributed by atoms with Crippen LogP contribution in [0.3, 0.4) is 0 Å². The molecule has 2 unspecified atom stereocenters. The van der Waals surface area contributed by atoms with Crippen LogP contribution in [0.4, 0.5) is 5.69 Å². The summed E-state index contributed by atoms with van der Waals surface area (Å²) in [4.78, 5) is 8.44. The van der Waals surface area contributed by atoms with Gasteiger partial charge in [-0.25, -0.2) is 14.6 Å². The molecule has 1 fully saturated rings. The van der Waals surface area contributed by atoms with Gasteiger partial charge in [-0.3, -0.25) is 0 Å². The summed E-state index contributed by atoms with van der Waals surface area (Å²) in [6, 6.07) is 4.52. The Morgan fingerprint density at radius 1 is 1.25 bits per heavy atom. The second-order valence-corrected chi connectivity index (χ2v) is 5.77. The van der Waals surface area contributed by atoms with E-state index >= 15 is 0 Å². The zero-order chi connectivity index (χ0) is 13.9. The molecule has 2 aromatic rings. The Hall–Kier alpha value is -1.91. The van der Waals surface area contributed by atoms with Crippen LogP contribution < -0.4 is 5.32 Å². The molecular weight excluding hydrogens is 250 g/mol. The zero-order valence-corrected chi connectivity index (χ0v) is 12.0. The van der Waals surface area contributed by atoms with Crippen LogP contribution in [0, 0.1) is 11.8 Å². The normalized spacial score (nSPS) is 26.4. The van der Waals surface area contributed by atoms with Gasteiger partial charge in [0.2, 0.25) is 0 Å². The van der Waals surface area contributed by atoms with Crippen molar-refractivity contribution in [1.29, 1.82) is 0 Å². The maximum Gasteiger partial charge on any atom is 0.178 e.